The predicted octanol–water partition coefficient (Wildman–Crippen LogP) is 1.51. The number of aromatic nitrogens is 1. The van der Waals surface area contributed by atoms with E-state index >= 15 is 0 Å². The smallest absolute Gasteiger partial charge is 0.0797 e. The second kappa shape index (κ2) is 3.12. The molecule has 0 radical (unpaired) electrons. The molecule has 0 fully saturated rings. The van der Waals surface area contributed by atoms with Crippen LogP contribution >= 0.6 is 11.3 Å². The highest BCUT2D eigenvalue weighted by Gasteiger charge is 2.07. The molecule has 10 heavy (non-hydrogen) atoms. The van der Waals surface area contributed by atoms with Crippen LogP contribution in [-0.4, -0.2) is 11.5 Å². The van der Waals surface area contributed by atoms with Crippen molar-refractivity contribution in [2.24, 2.45) is 5.73 Å². The maximum atomic E-state index is 5.51. The van der Waals surface area contributed by atoms with E-state index in [4.69, 9.17) is 5.73 Å². The third-order valence-corrected chi connectivity index (χ3v) is 2.75. The maximum Gasteiger partial charge on any atom is 0.0797 e. The van der Waals surface area contributed by atoms with E-state index in [9.17, 15) is 0 Å². The maximum absolute atomic E-state index is 5.51. The van der Waals surface area contributed by atoms with Gasteiger partial charge in [0.1, 0.15) is 0 Å². The van der Waals surface area contributed by atoms with Gasteiger partial charge in [0.2, 0.25) is 0 Å². The lowest BCUT2D eigenvalue weighted by Gasteiger charge is -2.04. The molecule has 0 aromatic carbocycles. The van der Waals surface area contributed by atoms with Crippen molar-refractivity contribution in [3.05, 3.63) is 16.1 Å². The second-order valence-electron chi connectivity index (χ2n) is 2.44. The molecular weight excluding hydrogens is 144 g/mol. The average molecular weight is 156 g/mol. The fourth-order valence-electron chi connectivity index (χ4n) is 0.891. The summed E-state index contributed by atoms with van der Waals surface area (Å²) in [6.45, 7) is 4.86. The molecule has 3 heteroatoms. The van der Waals surface area contributed by atoms with Gasteiger partial charge < -0.3 is 5.73 Å². The lowest BCUT2D eigenvalue weighted by molar-refractivity contribution is 0.780. The SMILES string of the molecule is Cc1ncsc1C(C)CN. The fourth-order valence-corrected chi connectivity index (χ4v) is 1.77. The normalized spacial score (nSPS) is 13.5. The van der Waals surface area contributed by atoms with E-state index in [-0.39, 0.29) is 0 Å². The summed E-state index contributed by atoms with van der Waals surface area (Å²) in [4.78, 5) is 5.47. The van der Waals surface area contributed by atoms with Crippen molar-refractivity contribution in [2.75, 3.05) is 6.54 Å². The zero-order chi connectivity index (χ0) is 7.56. The molecule has 1 unspecified atom stereocenters. The van der Waals surface area contributed by atoms with Crippen LogP contribution in [0.4, 0.5) is 0 Å². The van der Waals surface area contributed by atoms with E-state index in [1.807, 2.05) is 12.4 Å². The largest absolute Gasteiger partial charge is 0.330 e. The van der Waals surface area contributed by atoms with Crippen molar-refractivity contribution in [1.29, 1.82) is 0 Å². The number of aryl methyl sites for hydroxylation is 1. The van der Waals surface area contributed by atoms with Gasteiger partial charge in [-0.2, -0.15) is 0 Å². The van der Waals surface area contributed by atoms with Gasteiger partial charge in [0.05, 0.1) is 11.2 Å². The van der Waals surface area contributed by atoms with Crippen LogP contribution in [-0.2, 0) is 0 Å². The molecule has 0 bridgehead atoms. The van der Waals surface area contributed by atoms with E-state index < -0.39 is 0 Å². The molecule has 0 amide bonds. The summed E-state index contributed by atoms with van der Waals surface area (Å²) in [5, 5.41) is 0. The Kier molecular flexibility index (Phi) is 2.40. The molecular formula is C7H12N2S. The quantitative estimate of drug-likeness (QED) is 0.705. The minimum atomic E-state index is 0.465. The third-order valence-electron chi connectivity index (χ3n) is 1.58. The summed E-state index contributed by atoms with van der Waals surface area (Å²) < 4.78 is 0. The zero-order valence-electron chi connectivity index (χ0n) is 6.29. The van der Waals surface area contributed by atoms with Gasteiger partial charge >= 0.3 is 0 Å². The highest BCUT2D eigenvalue weighted by molar-refractivity contribution is 7.09. The number of rotatable bonds is 2. The minimum absolute atomic E-state index is 0.465. The van der Waals surface area contributed by atoms with Crippen LogP contribution in [0.5, 0.6) is 0 Å². The number of hydrogen-bond donors (Lipinski definition) is 1. The minimum Gasteiger partial charge on any atom is -0.330 e. The first kappa shape index (κ1) is 7.69. The standard InChI is InChI=1S/C7H12N2S/c1-5(3-8)7-6(2)9-4-10-7/h4-5H,3,8H2,1-2H3. The Labute approximate surface area is 65.1 Å². The summed E-state index contributed by atoms with van der Waals surface area (Å²) in [5.74, 6) is 0.465. The molecule has 0 saturated carbocycles. The lowest BCUT2D eigenvalue weighted by atomic mass is 10.1. The van der Waals surface area contributed by atoms with Crippen molar-refractivity contribution in [3.8, 4) is 0 Å². The van der Waals surface area contributed by atoms with Gasteiger partial charge in [0, 0.05) is 10.8 Å². The van der Waals surface area contributed by atoms with Gasteiger partial charge in [-0.15, -0.1) is 11.3 Å². The Morgan fingerprint density at radius 3 is 2.90 bits per heavy atom. The van der Waals surface area contributed by atoms with Crippen LogP contribution < -0.4 is 5.73 Å². The molecule has 0 saturated heterocycles. The highest BCUT2D eigenvalue weighted by atomic mass is 32.1. The van der Waals surface area contributed by atoms with E-state index in [0.717, 1.165) is 5.69 Å². The first-order valence-electron chi connectivity index (χ1n) is 3.35. The first-order valence-corrected chi connectivity index (χ1v) is 4.23. The summed E-state index contributed by atoms with van der Waals surface area (Å²) in [6, 6.07) is 0. The molecule has 1 heterocycles. The summed E-state index contributed by atoms with van der Waals surface area (Å²) in [5.41, 5.74) is 8.51. The number of nitrogens with zero attached hydrogens (tertiary/aromatic N) is 1. The number of nitrogens with two attached hydrogens (primary N) is 1. The van der Waals surface area contributed by atoms with Crippen LogP contribution in [0.15, 0.2) is 5.51 Å². The van der Waals surface area contributed by atoms with Crippen molar-refractivity contribution in [3.63, 3.8) is 0 Å². The first-order chi connectivity index (χ1) is 4.75. The van der Waals surface area contributed by atoms with Gasteiger partial charge in [-0.1, -0.05) is 6.92 Å². The Morgan fingerprint density at radius 1 is 1.80 bits per heavy atom. The molecule has 2 nitrogen and oxygen atoms in total. The molecule has 1 atom stereocenters. The second-order valence-corrected chi connectivity index (χ2v) is 3.33. The van der Waals surface area contributed by atoms with Gasteiger partial charge in [-0.25, -0.2) is 4.98 Å². The van der Waals surface area contributed by atoms with E-state index in [2.05, 4.69) is 11.9 Å². The molecule has 1 aromatic heterocycles. The molecule has 2 N–H and O–H groups in total. The molecule has 1 rings (SSSR count). The molecule has 56 valence electrons. The average Bonchev–Trinajstić information content (AvgIpc) is 2.34. The zero-order valence-corrected chi connectivity index (χ0v) is 7.11. The molecule has 0 aliphatic heterocycles. The van der Waals surface area contributed by atoms with Gasteiger partial charge in [-0.3, -0.25) is 0 Å². The lowest BCUT2D eigenvalue weighted by Crippen LogP contribution is -2.08. The number of hydrogen-bond acceptors (Lipinski definition) is 3. The molecule has 1 aromatic rings. The van der Waals surface area contributed by atoms with Gasteiger partial charge in [0.25, 0.3) is 0 Å². The van der Waals surface area contributed by atoms with Crippen LogP contribution in [0, 0.1) is 6.92 Å². The Morgan fingerprint density at radius 2 is 2.50 bits per heavy atom. The van der Waals surface area contributed by atoms with Crippen molar-refractivity contribution >= 4 is 11.3 Å². The number of thiazole rings is 1. The van der Waals surface area contributed by atoms with E-state index in [0.29, 0.717) is 12.5 Å². The topological polar surface area (TPSA) is 38.9 Å². The van der Waals surface area contributed by atoms with Crippen molar-refractivity contribution < 1.29 is 0 Å². The monoisotopic (exact) mass is 156 g/mol. The van der Waals surface area contributed by atoms with Gasteiger partial charge in [0.15, 0.2) is 0 Å². The highest BCUT2D eigenvalue weighted by Crippen LogP contribution is 2.21. The Balaban J connectivity index is 2.82. The Bertz CT molecular complexity index is 207. The summed E-state index contributed by atoms with van der Waals surface area (Å²) in [7, 11) is 0. The van der Waals surface area contributed by atoms with Crippen molar-refractivity contribution in [2.45, 2.75) is 19.8 Å². The van der Waals surface area contributed by atoms with E-state index in [1.165, 1.54) is 4.88 Å². The van der Waals surface area contributed by atoms with Crippen LogP contribution in [0.1, 0.15) is 23.4 Å². The molecule has 0 aliphatic carbocycles. The van der Waals surface area contributed by atoms with Crippen molar-refractivity contribution in [1.82, 2.24) is 4.98 Å². The summed E-state index contributed by atoms with van der Waals surface area (Å²) >= 11 is 1.69. The van der Waals surface area contributed by atoms with Crippen LogP contribution in [0.2, 0.25) is 0 Å². The van der Waals surface area contributed by atoms with Crippen LogP contribution in [0.3, 0.4) is 0 Å². The molecule has 0 spiro atoms. The predicted molar refractivity (Wildman–Crippen MR) is 44.3 cm³/mol. The van der Waals surface area contributed by atoms with Gasteiger partial charge in [-0.05, 0) is 13.5 Å². The van der Waals surface area contributed by atoms with E-state index in [1.54, 1.807) is 11.3 Å². The van der Waals surface area contributed by atoms with Crippen LogP contribution in [0.25, 0.3) is 0 Å². The fraction of sp³-hybridized carbons (Fsp3) is 0.571. The summed E-state index contributed by atoms with van der Waals surface area (Å²) in [6.07, 6.45) is 0. The molecule has 0 aliphatic rings. The Hall–Kier alpha value is -0.410. The third kappa shape index (κ3) is 1.36.